The van der Waals surface area contributed by atoms with Crippen molar-refractivity contribution in [2.24, 2.45) is 0 Å². The Labute approximate surface area is 115 Å². The molecule has 0 fully saturated rings. The standard InChI is InChI=1S/C13H12Cl2OS/c1-16-10-7-13(17-8-10)12(15)6-9-4-2-3-5-11(9)14/h2-5,7-8,12H,6H2,1H3. The molecule has 0 spiro atoms. The number of methoxy groups -OCH3 is 1. The zero-order valence-corrected chi connectivity index (χ0v) is 11.6. The molecule has 0 saturated heterocycles. The molecule has 0 bridgehead atoms. The van der Waals surface area contributed by atoms with Crippen LogP contribution in [0.4, 0.5) is 0 Å². The van der Waals surface area contributed by atoms with Gasteiger partial charge in [-0.25, -0.2) is 0 Å². The van der Waals surface area contributed by atoms with Gasteiger partial charge in [0.2, 0.25) is 0 Å². The Morgan fingerprint density at radius 1 is 1.35 bits per heavy atom. The fourth-order valence-corrected chi connectivity index (χ4v) is 2.99. The molecule has 4 heteroatoms. The number of halogens is 2. The van der Waals surface area contributed by atoms with Crippen molar-refractivity contribution in [1.29, 1.82) is 0 Å². The average Bonchev–Trinajstić information content (AvgIpc) is 2.81. The van der Waals surface area contributed by atoms with Crippen LogP contribution < -0.4 is 4.74 Å². The molecule has 1 unspecified atom stereocenters. The van der Waals surface area contributed by atoms with Gasteiger partial charge in [-0.3, -0.25) is 0 Å². The SMILES string of the molecule is COc1csc(C(Cl)Cc2ccccc2Cl)c1. The van der Waals surface area contributed by atoms with E-state index in [1.807, 2.05) is 35.7 Å². The third-order valence-electron chi connectivity index (χ3n) is 2.50. The van der Waals surface area contributed by atoms with Gasteiger partial charge in [-0.15, -0.1) is 22.9 Å². The van der Waals surface area contributed by atoms with Gasteiger partial charge in [0.1, 0.15) is 5.75 Å². The second-order valence-corrected chi connectivity index (χ2v) is 5.53. The molecule has 1 atom stereocenters. The molecule has 2 rings (SSSR count). The van der Waals surface area contributed by atoms with Gasteiger partial charge in [-0.2, -0.15) is 0 Å². The summed E-state index contributed by atoms with van der Waals surface area (Å²) in [5, 5.41) is 2.66. The summed E-state index contributed by atoms with van der Waals surface area (Å²) in [5.41, 5.74) is 1.07. The Morgan fingerprint density at radius 2 is 2.12 bits per heavy atom. The largest absolute Gasteiger partial charge is 0.496 e. The first-order valence-corrected chi connectivity index (χ1v) is 6.90. The molecule has 1 heterocycles. The first-order chi connectivity index (χ1) is 8.20. The quantitative estimate of drug-likeness (QED) is 0.724. The Hall–Kier alpha value is -0.700. The average molecular weight is 287 g/mol. The number of thiophene rings is 1. The molecule has 17 heavy (non-hydrogen) atoms. The molecule has 1 aromatic carbocycles. The lowest BCUT2D eigenvalue weighted by Crippen LogP contribution is -1.94. The molecular weight excluding hydrogens is 275 g/mol. The van der Waals surface area contributed by atoms with Crippen LogP contribution >= 0.6 is 34.5 Å². The van der Waals surface area contributed by atoms with Gasteiger partial charge >= 0.3 is 0 Å². The summed E-state index contributed by atoms with van der Waals surface area (Å²) in [6.45, 7) is 0. The second-order valence-electron chi connectivity index (χ2n) is 3.65. The van der Waals surface area contributed by atoms with Crippen molar-refractivity contribution in [2.75, 3.05) is 7.11 Å². The fraction of sp³-hybridized carbons (Fsp3) is 0.231. The van der Waals surface area contributed by atoms with E-state index in [1.54, 1.807) is 18.4 Å². The molecule has 1 aromatic heterocycles. The lowest BCUT2D eigenvalue weighted by atomic mass is 10.1. The molecule has 0 saturated carbocycles. The van der Waals surface area contributed by atoms with Gasteiger partial charge in [0.05, 0.1) is 12.5 Å². The zero-order valence-electron chi connectivity index (χ0n) is 9.32. The van der Waals surface area contributed by atoms with Crippen LogP contribution in [0.5, 0.6) is 5.75 Å². The Balaban J connectivity index is 2.11. The summed E-state index contributed by atoms with van der Waals surface area (Å²) in [7, 11) is 1.66. The van der Waals surface area contributed by atoms with Gasteiger partial charge in [0.15, 0.2) is 0 Å². The number of alkyl halides is 1. The molecule has 2 aromatic rings. The number of ether oxygens (including phenoxy) is 1. The maximum atomic E-state index is 6.38. The zero-order chi connectivity index (χ0) is 12.3. The highest BCUT2D eigenvalue weighted by Crippen LogP contribution is 2.34. The van der Waals surface area contributed by atoms with Gasteiger partial charge in [-0.1, -0.05) is 29.8 Å². The van der Waals surface area contributed by atoms with E-state index in [1.165, 1.54) is 0 Å². The molecule has 1 nitrogen and oxygen atoms in total. The minimum absolute atomic E-state index is 0.0659. The van der Waals surface area contributed by atoms with E-state index in [0.29, 0.717) is 0 Å². The highest BCUT2D eigenvalue weighted by molar-refractivity contribution is 7.10. The summed E-state index contributed by atoms with van der Waals surface area (Å²) in [6, 6.07) is 9.75. The minimum atomic E-state index is -0.0659. The van der Waals surface area contributed by atoms with E-state index in [4.69, 9.17) is 27.9 Å². The monoisotopic (exact) mass is 286 g/mol. The van der Waals surface area contributed by atoms with E-state index in [0.717, 1.165) is 27.6 Å². The van der Waals surface area contributed by atoms with Crippen molar-refractivity contribution in [3.05, 3.63) is 51.2 Å². The number of benzene rings is 1. The number of rotatable bonds is 4. The van der Waals surface area contributed by atoms with Crippen LogP contribution in [0.2, 0.25) is 5.02 Å². The van der Waals surface area contributed by atoms with Crippen molar-refractivity contribution < 1.29 is 4.74 Å². The molecule has 0 amide bonds. The van der Waals surface area contributed by atoms with Crippen LogP contribution in [0.1, 0.15) is 15.8 Å². The van der Waals surface area contributed by atoms with E-state index in [9.17, 15) is 0 Å². The lowest BCUT2D eigenvalue weighted by molar-refractivity contribution is 0.416. The Kier molecular flexibility index (Phi) is 4.32. The van der Waals surface area contributed by atoms with Crippen LogP contribution in [0, 0.1) is 0 Å². The third kappa shape index (κ3) is 3.15. The first-order valence-electron chi connectivity index (χ1n) is 5.20. The topological polar surface area (TPSA) is 9.23 Å². The van der Waals surface area contributed by atoms with E-state index < -0.39 is 0 Å². The summed E-state index contributed by atoms with van der Waals surface area (Å²) in [4.78, 5) is 1.10. The molecule has 0 radical (unpaired) electrons. The smallest absolute Gasteiger partial charge is 0.129 e. The third-order valence-corrected chi connectivity index (χ3v) is 4.41. The Morgan fingerprint density at radius 3 is 2.76 bits per heavy atom. The van der Waals surface area contributed by atoms with Crippen molar-refractivity contribution in [3.63, 3.8) is 0 Å². The molecule has 0 aliphatic heterocycles. The van der Waals surface area contributed by atoms with Gasteiger partial charge in [0, 0.05) is 15.3 Å². The van der Waals surface area contributed by atoms with Crippen LogP contribution in [0.3, 0.4) is 0 Å². The Bertz CT molecular complexity index is 496. The maximum Gasteiger partial charge on any atom is 0.129 e. The van der Waals surface area contributed by atoms with Gasteiger partial charge in [-0.05, 0) is 24.1 Å². The predicted molar refractivity (Wildman–Crippen MR) is 74.6 cm³/mol. The summed E-state index contributed by atoms with van der Waals surface area (Å²) >= 11 is 14.1. The van der Waals surface area contributed by atoms with Gasteiger partial charge in [0.25, 0.3) is 0 Å². The number of hydrogen-bond donors (Lipinski definition) is 0. The van der Waals surface area contributed by atoms with Crippen molar-refractivity contribution in [3.8, 4) is 5.75 Å². The first kappa shape index (κ1) is 12.7. The second kappa shape index (κ2) is 5.76. The van der Waals surface area contributed by atoms with Crippen LogP contribution in [0.25, 0.3) is 0 Å². The highest BCUT2D eigenvalue weighted by atomic mass is 35.5. The summed E-state index contributed by atoms with van der Waals surface area (Å²) < 4.78 is 5.14. The van der Waals surface area contributed by atoms with E-state index in [2.05, 4.69) is 0 Å². The predicted octanol–water partition coefficient (Wildman–Crippen LogP) is 4.93. The fourth-order valence-electron chi connectivity index (χ4n) is 1.56. The number of hydrogen-bond acceptors (Lipinski definition) is 2. The molecule has 90 valence electrons. The van der Waals surface area contributed by atoms with Crippen molar-refractivity contribution in [1.82, 2.24) is 0 Å². The van der Waals surface area contributed by atoms with Crippen molar-refractivity contribution in [2.45, 2.75) is 11.8 Å². The molecule has 0 N–H and O–H groups in total. The minimum Gasteiger partial charge on any atom is -0.496 e. The van der Waals surface area contributed by atoms with Crippen LogP contribution in [-0.4, -0.2) is 7.11 Å². The van der Waals surface area contributed by atoms with Crippen molar-refractivity contribution >= 4 is 34.5 Å². The van der Waals surface area contributed by atoms with E-state index >= 15 is 0 Å². The van der Waals surface area contributed by atoms with Crippen LogP contribution in [-0.2, 0) is 6.42 Å². The summed E-state index contributed by atoms with van der Waals surface area (Å²) in [5.74, 6) is 0.856. The molecule has 0 aliphatic carbocycles. The molecule has 0 aliphatic rings. The van der Waals surface area contributed by atoms with Gasteiger partial charge < -0.3 is 4.74 Å². The summed E-state index contributed by atoms with van der Waals surface area (Å²) in [6.07, 6.45) is 0.727. The maximum absolute atomic E-state index is 6.38. The lowest BCUT2D eigenvalue weighted by Gasteiger charge is -2.08. The molecular formula is C13H12Cl2OS. The normalized spacial score (nSPS) is 12.4. The highest BCUT2D eigenvalue weighted by Gasteiger charge is 2.13. The van der Waals surface area contributed by atoms with E-state index in [-0.39, 0.29) is 5.38 Å². The van der Waals surface area contributed by atoms with Crippen LogP contribution in [0.15, 0.2) is 35.7 Å².